The largest absolute Gasteiger partial charge is 0.490 e. The predicted octanol–water partition coefficient (Wildman–Crippen LogP) is 2.53. The highest BCUT2D eigenvalue weighted by Crippen LogP contribution is 2.33. The third-order valence-electron chi connectivity index (χ3n) is 5.20. The van der Waals surface area contributed by atoms with Gasteiger partial charge in [-0.1, -0.05) is 12.1 Å². The monoisotopic (exact) mass is 446 g/mol. The topological polar surface area (TPSA) is 76.2 Å². The highest BCUT2D eigenvalue weighted by atomic mass is 32.2. The van der Waals surface area contributed by atoms with E-state index in [1.807, 2.05) is 0 Å². The van der Waals surface area contributed by atoms with Crippen molar-refractivity contribution in [3.8, 4) is 11.5 Å². The van der Waals surface area contributed by atoms with Crippen LogP contribution in [0.25, 0.3) is 6.08 Å². The minimum Gasteiger partial charge on any atom is -0.490 e. The Balaban J connectivity index is 1.39. The molecule has 4 rings (SSSR count). The number of halogens is 1. The molecule has 2 aliphatic rings. The summed E-state index contributed by atoms with van der Waals surface area (Å²) < 4.78 is 51.6. The molecule has 0 aromatic heterocycles. The van der Waals surface area contributed by atoms with Gasteiger partial charge in [0.1, 0.15) is 5.82 Å². The van der Waals surface area contributed by atoms with Gasteiger partial charge in [0, 0.05) is 44.7 Å². The zero-order chi connectivity index (χ0) is 21.8. The van der Waals surface area contributed by atoms with Crippen LogP contribution in [0.4, 0.5) is 4.39 Å². The van der Waals surface area contributed by atoms with E-state index in [2.05, 4.69) is 0 Å². The van der Waals surface area contributed by atoms with Gasteiger partial charge in [-0.2, -0.15) is 4.31 Å². The Morgan fingerprint density at radius 1 is 0.935 bits per heavy atom. The molecule has 9 heteroatoms. The number of hydrogen-bond acceptors (Lipinski definition) is 5. The summed E-state index contributed by atoms with van der Waals surface area (Å²) in [6, 6.07) is 10.5. The van der Waals surface area contributed by atoms with Crippen molar-refractivity contribution in [2.24, 2.45) is 0 Å². The van der Waals surface area contributed by atoms with Crippen LogP contribution in [0.1, 0.15) is 12.0 Å². The van der Waals surface area contributed by atoms with Crippen LogP contribution in [-0.2, 0) is 14.8 Å². The summed E-state index contributed by atoms with van der Waals surface area (Å²) in [5.74, 6) is 0.421. The van der Waals surface area contributed by atoms with E-state index in [4.69, 9.17) is 9.47 Å². The summed E-state index contributed by atoms with van der Waals surface area (Å²) in [5, 5.41) is 0. The fourth-order valence-corrected chi connectivity index (χ4v) is 4.89. The third kappa shape index (κ3) is 4.88. The SMILES string of the molecule is O=C(C=Cc1ccc(F)cc1)N1CCN(S(=O)(=O)c2ccc3c(c2)OCCCO3)CC1. The van der Waals surface area contributed by atoms with E-state index in [1.165, 1.54) is 34.6 Å². The number of amides is 1. The highest BCUT2D eigenvalue weighted by Gasteiger charge is 2.30. The second kappa shape index (κ2) is 9.07. The van der Waals surface area contributed by atoms with Crippen molar-refractivity contribution in [1.82, 2.24) is 9.21 Å². The molecule has 0 bridgehead atoms. The molecule has 0 atom stereocenters. The number of piperazine rings is 1. The molecule has 1 amide bonds. The summed E-state index contributed by atoms with van der Waals surface area (Å²) in [6.07, 6.45) is 3.77. The Morgan fingerprint density at radius 3 is 2.32 bits per heavy atom. The predicted molar refractivity (Wildman–Crippen MR) is 113 cm³/mol. The number of benzene rings is 2. The number of rotatable bonds is 4. The van der Waals surface area contributed by atoms with Crippen molar-refractivity contribution in [3.63, 3.8) is 0 Å². The Bertz CT molecular complexity index is 1080. The number of fused-ring (bicyclic) bond motifs is 1. The van der Waals surface area contributed by atoms with Gasteiger partial charge in [-0.05, 0) is 35.9 Å². The lowest BCUT2D eigenvalue weighted by Gasteiger charge is -2.33. The molecule has 0 saturated carbocycles. The van der Waals surface area contributed by atoms with Crippen LogP contribution in [-0.4, -0.2) is 62.9 Å². The van der Waals surface area contributed by atoms with E-state index in [1.54, 1.807) is 29.2 Å². The first-order valence-corrected chi connectivity index (χ1v) is 11.5. The maximum atomic E-state index is 13.1. The molecular weight excluding hydrogens is 423 g/mol. The number of ether oxygens (including phenoxy) is 2. The lowest BCUT2D eigenvalue weighted by molar-refractivity contribution is -0.127. The summed E-state index contributed by atoms with van der Waals surface area (Å²) in [5.41, 5.74) is 0.713. The Hall–Kier alpha value is -2.91. The Labute approximate surface area is 180 Å². The first-order chi connectivity index (χ1) is 14.9. The molecule has 31 heavy (non-hydrogen) atoms. The molecule has 0 unspecified atom stereocenters. The van der Waals surface area contributed by atoms with E-state index >= 15 is 0 Å². The molecular formula is C22H23FN2O5S. The number of nitrogens with zero attached hydrogens (tertiary/aromatic N) is 2. The van der Waals surface area contributed by atoms with Crippen LogP contribution in [0.2, 0.25) is 0 Å². The third-order valence-corrected chi connectivity index (χ3v) is 7.09. The van der Waals surface area contributed by atoms with Gasteiger partial charge >= 0.3 is 0 Å². The van der Waals surface area contributed by atoms with E-state index in [9.17, 15) is 17.6 Å². The molecule has 2 aromatic carbocycles. The first kappa shape index (κ1) is 21.3. The average Bonchev–Trinajstić information content (AvgIpc) is 3.03. The molecule has 7 nitrogen and oxygen atoms in total. The number of carbonyl (C=O) groups is 1. The van der Waals surface area contributed by atoms with Crippen LogP contribution < -0.4 is 9.47 Å². The van der Waals surface area contributed by atoms with Gasteiger partial charge in [0.05, 0.1) is 18.1 Å². The van der Waals surface area contributed by atoms with E-state index in [0.717, 1.165) is 6.42 Å². The summed E-state index contributed by atoms with van der Waals surface area (Å²) in [4.78, 5) is 14.2. The van der Waals surface area contributed by atoms with Crippen molar-refractivity contribution in [1.29, 1.82) is 0 Å². The molecule has 2 aliphatic heterocycles. The maximum absolute atomic E-state index is 13.1. The fraction of sp³-hybridized carbons (Fsp3) is 0.318. The standard InChI is InChI=1S/C22H23FN2O5S/c23-18-5-2-17(3-6-18)4-9-22(26)24-10-12-25(13-11-24)31(27,28)19-7-8-20-21(16-19)30-15-1-14-29-20/h2-9,16H,1,10-15H2. The van der Waals surface area contributed by atoms with E-state index in [-0.39, 0.29) is 42.8 Å². The summed E-state index contributed by atoms with van der Waals surface area (Å²) in [6.45, 7) is 1.99. The van der Waals surface area contributed by atoms with Gasteiger partial charge in [0.25, 0.3) is 0 Å². The van der Waals surface area contributed by atoms with Crippen molar-refractivity contribution < 1.29 is 27.1 Å². The molecule has 1 fully saturated rings. The zero-order valence-corrected chi connectivity index (χ0v) is 17.7. The molecule has 2 heterocycles. The molecule has 1 saturated heterocycles. The van der Waals surface area contributed by atoms with E-state index < -0.39 is 10.0 Å². The summed E-state index contributed by atoms with van der Waals surface area (Å²) in [7, 11) is -3.71. The van der Waals surface area contributed by atoms with Crippen LogP contribution >= 0.6 is 0 Å². The van der Waals surface area contributed by atoms with Crippen molar-refractivity contribution in [2.45, 2.75) is 11.3 Å². The van der Waals surface area contributed by atoms with Crippen LogP contribution in [0, 0.1) is 5.82 Å². The quantitative estimate of drug-likeness (QED) is 0.675. The number of sulfonamides is 1. The van der Waals surface area contributed by atoms with Gasteiger partial charge in [0.2, 0.25) is 15.9 Å². The van der Waals surface area contributed by atoms with Crippen LogP contribution in [0.5, 0.6) is 11.5 Å². The number of carbonyl (C=O) groups excluding carboxylic acids is 1. The lowest BCUT2D eigenvalue weighted by Crippen LogP contribution is -2.50. The molecule has 0 radical (unpaired) electrons. The minimum absolute atomic E-state index is 0.146. The maximum Gasteiger partial charge on any atom is 0.246 e. The zero-order valence-electron chi connectivity index (χ0n) is 16.9. The highest BCUT2D eigenvalue weighted by molar-refractivity contribution is 7.89. The molecule has 164 valence electrons. The Kier molecular flexibility index (Phi) is 6.24. The first-order valence-electron chi connectivity index (χ1n) is 10.1. The lowest BCUT2D eigenvalue weighted by atomic mass is 10.2. The second-order valence-corrected chi connectivity index (χ2v) is 9.21. The van der Waals surface area contributed by atoms with Crippen molar-refractivity contribution in [2.75, 3.05) is 39.4 Å². The molecule has 2 aromatic rings. The molecule has 0 N–H and O–H groups in total. The van der Waals surface area contributed by atoms with Crippen LogP contribution in [0.15, 0.2) is 53.4 Å². The smallest absolute Gasteiger partial charge is 0.246 e. The van der Waals surface area contributed by atoms with Crippen molar-refractivity contribution >= 4 is 22.0 Å². The fourth-order valence-electron chi connectivity index (χ4n) is 3.45. The van der Waals surface area contributed by atoms with Gasteiger partial charge in [0.15, 0.2) is 11.5 Å². The second-order valence-electron chi connectivity index (χ2n) is 7.27. The summed E-state index contributed by atoms with van der Waals surface area (Å²) >= 11 is 0. The normalized spacial score (nSPS) is 17.5. The van der Waals surface area contributed by atoms with Crippen LogP contribution in [0.3, 0.4) is 0 Å². The van der Waals surface area contributed by atoms with E-state index in [0.29, 0.717) is 30.3 Å². The Morgan fingerprint density at radius 2 is 1.61 bits per heavy atom. The average molecular weight is 447 g/mol. The number of hydrogen-bond donors (Lipinski definition) is 0. The van der Waals surface area contributed by atoms with Crippen molar-refractivity contribution in [3.05, 3.63) is 59.9 Å². The van der Waals surface area contributed by atoms with Gasteiger partial charge in [-0.25, -0.2) is 12.8 Å². The van der Waals surface area contributed by atoms with Gasteiger partial charge in [-0.15, -0.1) is 0 Å². The van der Waals surface area contributed by atoms with Gasteiger partial charge in [-0.3, -0.25) is 4.79 Å². The minimum atomic E-state index is -3.71. The molecule has 0 aliphatic carbocycles. The molecule has 0 spiro atoms. The van der Waals surface area contributed by atoms with Gasteiger partial charge < -0.3 is 14.4 Å².